The number of nitrogens with zero attached hydrogens (tertiary/aromatic N) is 1. The van der Waals surface area contributed by atoms with Gasteiger partial charge in [0.2, 0.25) is 10.0 Å². The molecular weight excluding hydrogens is 301 g/mol. The molecule has 8 heteroatoms. The van der Waals surface area contributed by atoms with Gasteiger partial charge in [-0.1, -0.05) is 0 Å². The first-order valence-corrected chi connectivity index (χ1v) is 8.20. The van der Waals surface area contributed by atoms with Gasteiger partial charge in [-0.15, -0.1) is 11.3 Å². The largest absolute Gasteiger partial charge is 0.399 e. The smallest absolute Gasteiger partial charge is 0.240 e. The summed E-state index contributed by atoms with van der Waals surface area (Å²) in [5.74, 6) is -0.680. The zero-order valence-corrected chi connectivity index (χ0v) is 12.4. The van der Waals surface area contributed by atoms with E-state index in [0.29, 0.717) is 6.42 Å². The lowest BCUT2D eigenvalue weighted by atomic mass is 10.3. The Balaban J connectivity index is 2.03. The summed E-state index contributed by atoms with van der Waals surface area (Å²) in [7, 11) is -3.76. The van der Waals surface area contributed by atoms with E-state index in [1.807, 2.05) is 12.3 Å². The van der Waals surface area contributed by atoms with Crippen LogP contribution >= 0.6 is 11.3 Å². The predicted octanol–water partition coefficient (Wildman–Crippen LogP) is 1.69. The molecule has 0 aliphatic carbocycles. The van der Waals surface area contributed by atoms with E-state index in [1.165, 1.54) is 17.4 Å². The van der Waals surface area contributed by atoms with Crippen LogP contribution in [0.4, 0.5) is 10.1 Å². The molecule has 0 saturated carbocycles. The van der Waals surface area contributed by atoms with Crippen LogP contribution in [0.15, 0.2) is 28.5 Å². The molecule has 5 nitrogen and oxygen atoms in total. The number of thiazole rings is 1. The Labute approximate surface area is 120 Å². The van der Waals surface area contributed by atoms with E-state index >= 15 is 0 Å². The van der Waals surface area contributed by atoms with Gasteiger partial charge < -0.3 is 5.73 Å². The topological polar surface area (TPSA) is 85.1 Å². The molecule has 0 aliphatic heterocycles. The van der Waals surface area contributed by atoms with Crippen molar-refractivity contribution in [1.29, 1.82) is 0 Å². The van der Waals surface area contributed by atoms with Crippen molar-refractivity contribution in [3.8, 4) is 0 Å². The Morgan fingerprint density at radius 1 is 1.40 bits per heavy atom. The van der Waals surface area contributed by atoms with Crippen molar-refractivity contribution < 1.29 is 12.8 Å². The number of hydrogen-bond donors (Lipinski definition) is 2. The molecule has 3 N–H and O–H groups in total. The number of rotatable bonds is 5. The fourth-order valence-corrected chi connectivity index (χ4v) is 3.51. The van der Waals surface area contributed by atoms with Crippen LogP contribution in [0.25, 0.3) is 0 Å². The average Bonchev–Trinajstić information content (AvgIpc) is 2.73. The lowest BCUT2D eigenvalue weighted by Gasteiger charge is -2.07. The first-order chi connectivity index (χ1) is 9.37. The van der Waals surface area contributed by atoms with Gasteiger partial charge >= 0.3 is 0 Å². The number of aryl methyl sites for hydroxylation is 1. The molecule has 20 heavy (non-hydrogen) atoms. The summed E-state index contributed by atoms with van der Waals surface area (Å²) >= 11 is 1.47. The molecule has 0 spiro atoms. The van der Waals surface area contributed by atoms with Crippen LogP contribution in [-0.4, -0.2) is 19.9 Å². The summed E-state index contributed by atoms with van der Waals surface area (Å²) in [5, 5.41) is 2.75. The van der Waals surface area contributed by atoms with E-state index in [-0.39, 0.29) is 17.1 Å². The van der Waals surface area contributed by atoms with Gasteiger partial charge in [-0.25, -0.2) is 22.5 Å². The minimum absolute atomic E-state index is 0.0703. The van der Waals surface area contributed by atoms with Crippen LogP contribution in [0.5, 0.6) is 0 Å². The van der Waals surface area contributed by atoms with E-state index < -0.39 is 15.8 Å². The molecule has 0 unspecified atom stereocenters. The van der Waals surface area contributed by atoms with E-state index in [9.17, 15) is 12.8 Å². The minimum atomic E-state index is -3.76. The molecular formula is C12H14FN3O2S2. The first-order valence-electron chi connectivity index (χ1n) is 5.83. The Morgan fingerprint density at radius 3 is 2.75 bits per heavy atom. The molecule has 0 radical (unpaired) electrons. The summed E-state index contributed by atoms with van der Waals surface area (Å²) in [5.41, 5.74) is 6.42. The summed E-state index contributed by atoms with van der Waals surface area (Å²) in [6.45, 7) is 2.07. The van der Waals surface area contributed by atoms with Gasteiger partial charge in [0.15, 0.2) is 0 Å². The number of anilines is 1. The van der Waals surface area contributed by atoms with Crippen molar-refractivity contribution in [3.05, 3.63) is 40.1 Å². The van der Waals surface area contributed by atoms with Gasteiger partial charge in [0.1, 0.15) is 5.82 Å². The quantitative estimate of drug-likeness (QED) is 0.822. The third kappa shape index (κ3) is 3.75. The number of aromatic nitrogens is 1. The lowest BCUT2D eigenvalue weighted by molar-refractivity contribution is 0.578. The molecule has 0 saturated heterocycles. The Hall–Kier alpha value is -1.51. The maximum atomic E-state index is 13.2. The Morgan fingerprint density at radius 2 is 2.15 bits per heavy atom. The van der Waals surface area contributed by atoms with Crippen molar-refractivity contribution in [3.63, 3.8) is 0 Å². The zero-order chi connectivity index (χ0) is 14.8. The summed E-state index contributed by atoms with van der Waals surface area (Å²) in [4.78, 5) is 4.06. The molecule has 0 fully saturated rings. The third-order valence-corrected chi connectivity index (χ3v) is 4.97. The van der Waals surface area contributed by atoms with Crippen molar-refractivity contribution in [2.75, 3.05) is 12.3 Å². The van der Waals surface area contributed by atoms with Crippen LogP contribution in [-0.2, 0) is 16.4 Å². The monoisotopic (exact) mass is 315 g/mol. The van der Waals surface area contributed by atoms with E-state index in [1.54, 1.807) is 0 Å². The molecule has 1 heterocycles. The maximum absolute atomic E-state index is 13.2. The molecule has 1 aromatic carbocycles. The molecule has 108 valence electrons. The fourth-order valence-electron chi connectivity index (χ4n) is 1.63. The van der Waals surface area contributed by atoms with E-state index in [0.717, 1.165) is 22.8 Å². The van der Waals surface area contributed by atoms with Crippen LogP contribution in [0.2, 0.25) is 0 Å². The SMILES string of the molecule is Cc1csc(CCNS(=O)(=O)c2cc(N)cc(F)c2)n1. The molecule has 2 aromatic rings. The summed E-state index contributed by atoms with van der Waals surface area (Å²) in [6, 6.07) is 3.22. The number of halogens is 1. The van der Waals surface area contributed by atoms with E-state index in [4.69, 9.17) is 5.73 Å². The van der Waals surface area contributed by atoms with Gasteiger partial charge in [0.25, 0.3) is 0 Å². The number of nitrogens with one attached hydrogen (secondary N) is 1. The van der Waals surface area contributed by atoms with Crippen LogP contribution in [0.1, 0.15) is 10.7 Å². The number of nitrogens with two attached hydrogens (primary N) is 1. The molecule has 0 aliphatic rings. The van der Waals surface area contributed by atoms with Crippen molar-refractivity contribution in [2.24, 2.45) is 0 Å². The Bertz CT molecular complexity index is 693. The van der Waals surface area contributed by atoms with E-state index in [2.05, 4.69) is 9.71 Å². The van der Waals surface area contributed by atoms with Gasteiger partial charge in [-0.2, -0.15) is 0 Å². The highest BCUT2D eigenvalue weighted by Gasteiger charge is 2.15. The zero-order valence-electron chi connectivity index (χ0n) is 10.8. The van der Waals surface area contributed by atoms with Gasteiger partial charge in [-0.3, -0.25) is 0 Å². The highest BCUT2D eigenvalue weighted by atomic mass is 32.2. The van der Waals surface area contributed by atoms with Crippen molar-refractivity contribution >= 4 is 27.0 Å². The van der Waals surface area contributed by atoms with Crippen molar-refractivity contribution in [2.45, 2.75) is 18.2 Å². The third-order valence-electron chi connectivity index (χ3n) is 2.50. The van der Waals surface area contributed by atoms with Gasteiger partial charge in [0, 0.05) is 29.7 Å². The van der Waals surface area contributed by atoms with Crippen molar-refractivity contribution in [1.82, 2.24) is 9.71 Å². The second kappa shape index (κ2) is 5.86. The molecule has 1 aromatic heterocycles. The molecule has 0 bridgehead atoms. The molecule has 2 rings (SSSR count). The Kier molecular flexibility index (Phi) is 4.36. The summed E-state index contributed by atoms with van der Waals surface area (Å²) in [6.07, 6.45) is 0.489. The lowest BCUT2D eigenvalue weighted by Crippen LogP contribution is -2.26. The van der Waals surface area contributed by atoms with Gasteiger partial charge in [-0.05, 0) is 25.1 Å². The average molecular weight is 315 g/mol. The predicted molar refractivity (Wildman–Crippen MR) is 76.6 cm³/mol. The number of benzene rings is 1. The highest BCUT2D eigenvalue weighted by Crippen LogP contribution is 2.16. The fraction of sp³-hybridized carbons (Fsp3) is 0.250. The molecule has 0 amide bonds. The minimum Gasteiger partial charge on any atom is -0.399 e. The summed E-state index contributed by atoms with van der Waals surface area (Å²) < 4.78 is 39.5. The second-order valence-electron chi connectivity index (χ2n) is 4.25. The van der Waals surface area contributed by atoms with Gasteiger partial charge in [0.05, 0.1) is 9.90 Å². The van der Waals surface area contributed by atoms with Crippen LogP contribution in [0.3, 0.4) is 0 Å². The maximum Gasteiger partial charge on any atom is 0.240 e. The normalized spacial score (nSPS) is 11.7. The number of hydrogen-bond acceptors (Lipinski definition) is 5. The highest BCUT2D eigenvalue weighted by molar-refractivity contribution is 7.89. The molecule has 0 atom stereocenters. The number of nitrogen functional groups attached to an aromatic ring is 1. The number of sulfonamides is 1. The van der Waals surface area contributed by atoms with Crippen LogP contribution < -0.4 is 10.5 Å². The first kappa shape index (κ1) is 14.9. The second-order valence-corrected chi connectivity index (χ2v) is 6.96. The van der Waals surface area contributed by atoms with Crippen LogP contribution in [0, 0.1) is 12.7 Å². The standard InChI is InChI=1S/C12H14FN3O2S2/c1-8-7-19-12(16-8)2-3-15-20(17,18)11-5-9(13)4-10(14)6-11/h4-7,15H,2-3,14H2,1H3.